The maximum Gasteiger partial charge on any atom is 0.265 e. The number of nitrogens with zero attached hydrogens (tertiary/aromatic N) is 2. The van der Waals surface area contributed by atoms with E-state index in [2.05, 4.69) is 15.4 Å². The molecule has 0 aromatic rings. The van der Waals surface area contributed by atoms with Gasteiger partial charge in [0, 0.05) is 25.2 Å². The van der Waals surface area contributed by atoms with E-state index in [1.807, 2.05) is 0 Å². The van der Waals surface area contributed by atoms with Crippen molar-refractivity contribution in [1.82, 2.24) is 10.2 Å². The molecule has 0 aromatic heterocycles. The van der Waals surface area contributed by atoms with Gasteiger partial charge in [-0.2, -0.15) is 0 Å². The van der Waals surface area contributed by atoms with Crippen molar-refractivity contribution in [2.24, 2.45) is 5.16 Å². The van der Waals surface area contributed by atoms with Gasteiger partial charge in [0.1, 0.15) is 6.21 Å². The first-order valence-corrected chi connectivity index (χ1v) is 5.52. The van der Waals surface area contributed by atoms with Crippen LogP contribution < -0.4 is 5.32 Å². The summed E-state index contributed by atoms with van der Waals surface area (Å²) in [6.45, 7) is 1.55. The van der Waals surface area contributed by atoms with E-state index in [-0.39, 0.29) is 5.91 Å². The van der Waals surface area contributed by atoms with Crippen LogP contribution in [-0.2, 0) is 4.79 Å². The molecule has 5 heteroatoms. The summed E-state index contributed by atoms with van der Waals surface area (Å²) in [5.74, 6) is -0.330. The summed E-state index contributed by atoms with van der Waals surface area (Å²) >= 11 is 0. The Labute approximate surface area is 89.1 Å². The molecule has 1 amide bonds. The van der Waals surface area contributed by atoms with Crippen molar-refractivity contribution < 1.29 is 10.0 Å². The Kier molecular flexibility index (Phi) is 3.20. The van der Waals surface area contributed by atoms with Crippen molar-refractivity contribution in [2.45, 2.75) is 37.8 Å². The monoisotopic (exact) mass is 211 g/mol. The molecule has 15 heavy (non-hydrogen) atoms. The van der Waals surface area contributed by atoms with Crippen LogP contribution in [0.3, 0.4) is 0 Å². The summed E-state index contributed by atoms with van der Waals surface area (Å²) < 4.78 is 0. The molecule has 2 aliphatic rings. The van der Waals surface area contributed by atoms with Crippen LogP contribution in [0.4, 0.5) is 0 Å². The fourth-order valence-corrected chi connectivity index (χ4v) is 2.79. The van der Waals surface area contributed by atoms with E-state index in [1.165, 1.54) is 25.7 Å². The molecule has 0 atom stereocenters. The fraction of sp³-hybridized carbons (Fsp3) is 0.800. The van der Waals surface area contributed by atoms with Crippen molar-refractivity contribution in [3.05, 3.63) is 0 Å². The minimum absolute atomic E-state index is 0.330. The van der Waals surface area contributed by atoms with Gasteiger partial charge < -0.3 is 10.5 Å². The van der Waals surface area contributed by atoms with Gasteiger partial charge in [0.2, 0.25) is 0 Å². The number of oxime groups is 1. The predicted molar refractivity (Wildman–Crippen MR) is 56.0 cm³/mol. The third kappa shape index (κ3) is 2.28. The highest BCUT2D eigenvalue weighted by atomic mass is 16.4. The van der Waals surface area contributed by atoms with E-state index in [9.17, 15) is 4.79 Å². The lowest BCUT2D eigenvalue weighted by atomic mass is 10.0. The highest BCUT2D eigenvalue weighted by Gasteiger charge is 2.38. The minimum Gasteiger partial charge on any atom is -0.411 e. The first-order chi connectivity index (χ1) is 7.31. The largest absolute Gasteiger partial charge is 0.411 e. The zero-order valence-electron chi connectivity index (χ0n) is 8.72. The summed E-state index contributed by atoms with van der Waals surface area (Å²) in [4.78, 5) is 13.5. The van der Waals surface area contributed by atoms with E-state index >= 15 is 0 Å². The molecular weight excluding hydrogens is 194 g/mol. The van der Waals surface area contributed by atoms with Crippen LogP contribution in [0.1, 0.15) is 25.7 Å². The van der Waals surface area contributed by atoms with Crippen LogP contribution >= 0.6 is 0 Å². The summed E-state index contributed by atoms with van der Waals surface area (Å²) in [5.41, 5.74) is 0. The summed E-state index contributed by atoms with van der Waals surface area (Å²) in [6, 6.07) is 1.50. The number of nitrogens with one attached hydrogen (secondary N) is 1. The van der Waals surface area contributed by atoms with Crippen LogP contribution in [0.25, 0.3) is 0 Å². The zero-order valence-corrected chi connectivity index (χ0v) is 8.72. The van der Waals surface area contributed by atoms with Crippen LogP contribution in [0.5, 0.6) is 0 Å². The highest BCUT2D eigenvalue weighted by Crippen LogP contribution is 2.36. The second kappa shape index (κ2) is 4.61. The molecule has 0 aliphatic carbocycles. The molecule has 2 heterocycles. The lowest BCUT2D eigenvalue weighted by Gasteiger charge is -2.21. The number of hydrogen-bond acceptors (Lipinski definition) is 4. The van der Waals surface area contributed by atoms with Gasteiger partial charge in [-0.3, -0.25) is 9.69 Å². The van der Waals surface area contributed by atoms with Crippen LogP contribution in [-0.4, -0.2) is 47.4 Å². The first kappa shape index (κ1) is 10.4. The molecular formula is C10H17N3O2. The molecule has 84 valence electrons. The average Bonchev–Trinajstić information content (AvgIpc) is 2.78. The van der Waals surface area contributed by atoms with Crippen molar-refractivity contribution in [3.63, 3.8) is 0 Å². The molecule has 0 aromatic carbocycles. The molecule has 2 fully saturated rings. The number of hydrogen-bond donors (Lipinski definition) is 2. The van der Waals surface area contributed by atoms with Gasteiger partial charge in [0.25, 0.3) is 5.91 Å². The van der Waals surface area contributed by atoms with Gasteiger partial charge in [-0.05, 0) is 25.7 Å². The van der Waals surface area contributed by atoms with Gasteiger partial charge >= 0.3 is 0 Å². The van der Waals surface area contributed by atoms with Gasteiger partial charge in [-0.1, -0.05) is 5.16 Å². The Morgan fingerprint density at radius 2 is 2.00 bits per heavy atom. The van der Waals surface area contributed by atoms with Crippen molar-refractivity contribution >= 4 is 12.1 Å². The molecule has 2 N–H and O–H groups in total. The van der Waals surface area contributed by atoms with E-state index in [0.29, 0.717) is 6.54 Å². The number of amides is 1. The highest BCUT2D eigenvalue weighted by molar-refractivity contribution is 6.25. The van der Waals surface area contributed by atoms with E-state index in [0.717, 1.165) is 24.8 Å². The van der Waals surface area contributed by atoms with Crippen LogP contribution in [0, 0.1) is 0 Å². The number of fused-ring (bicyclic) bond motifs is 2. The molecule has 0 radical (unpaired) electrons. The van der Waals surface area contributed by atoms with Gasteiger partial charge in [0.05, 0.1) is 0 Å². The Morgan fingerprint density at radius 3 is 2.53 bits per heavy atom. The molecule has 5 nitrogen and oxygen atoms in total. The van der Waals surface area contributed by atoms with E-state index in [1.54, 1.807) is 0 Å². The minimum atomic E-state index is -0.330. The average molecular weight is 211 g/mol. The standard InChI is InChI=1S/C10H17N3O2/c14-10(7-12-15)11-5-6-13-8-1-2-9(13)4-3-8/h7-9,15H,1-6H2,(H,11,14)/b12-7-. The third-order valence-corrected chi connectivity index (χ3v) is 3.45. The Morgan fingerprint density at radius 1 is 1.40 bits per heavy atom. The van der Waals surface area contributed by atoms with E-state index < -0.39 is 0 Å². The quantitative estimate of drug-likeness (QED) is 0.396. The summed E-state index contributed by atoms with van der Waals surface area (Å²) in [5, 5.41) is 13.5. The number of carbonyl (C=O) groups excluding carboxylic acids is 1. The maximum atomic E-state index is 11.0. The van der Waals surface area contributed by atoms with E-state index in [4.69, 9.17) is 5.21 Å². The van der Waals surface area contributed by atoms with Crippen molar-refractivity contribution in [1.29, 1.82) is 0 Å². The van der Waals surface area contributed by atoms with Crippen molar-refractivity contribution in [2.75, 3.05) is 13.1 Å². The smallest absolute Gasteiger partial charge is 0.265 e. The van der Waals surface area contributed by atoms with Gasteiger partial charge in [-0.15, -0.1) is 0 Å². The fourth-order valence-electron chi connectivity index (χ4n) is 2.79. The Hall–Kier alpha value is -1.10. The number of rotatable bonds is 4. The maximum absolute atomic E-state index is 11.0. The topological polar surface area (TPSA) is 64.9 Å². The molecule has 2 saturated heterocycles. The lowest BCUT2D eigenvalue weighted by Crippen LogP contribution is -2.37. The molecule has 0 spiro atoms. The number of carbonyl (C=O) groups is 1. The third-order valence-electron chi connectivity index (χ3n) is 3.45. The molecule has 2 aliphatic heterocycles. The Bertz CT molecular complexity index is 247. The SMILES string of the molecule is O=C(/C=N\O)NCCN1C2CCC1CC2. The van der Waals surface area contributed by atoms with Gasteiger partial charge in [-0.25, -0.2) is 0 Å². The Balaban J connectivity index is 1.68. The molecule has 0 saturated carbocycles. The summed E-state index contributed by atoms with van der Waals surface area (Å²) in [7, 11) is 0. The molecule has 2 bridgehead atoms. The molecule has 0 unspecified atom stereocenters. The lowest BCUT2D eigenvalue weighted by molar-refractivity contribution is -0.114. The summed E-state index contributed by atoms with van der Waals surface area (Å²) in [6.07, 6.45) is 6.15. The van der Waals surface area contributed by atoms with Crippen LogP contribution in [0.15, 0.2) is 5.16 Å². The predicted octanol–water partition coefficient (Wildman–Crippen LogP) is 0.189. The first-order valence-electron chi connectivity index (χ1n) is 5.52. The molecule has 2 rings (SSSR count). The second-order valence-corrected chi connectivity index (χ2v) is 4.24. The van der Waals surface area contributed by atoms with Gasteiger partial charge in [0.15, 0.2) is 0 Å². The normalized spacial score (nSPS) is 30.1. The van der Waals surface area contributed by atoms with Crippen LogP contribution in [0.2, 0.25) is 0 Å². The second-order valence-electron chi connectivity index (χ2n) is 4.24. The zero-order chi connectivity index (χ0) is 10.7. The van der Waals surface area contributed by atoms with Crippen molar-refractivity contribution in [3.8, 4) is 0 Å².